The average Bonchev–Trinajstić information content (AvgIpc) is 2.56. The Labute approximate surface area is 181 Å². The van der Waals surface area contributed by atoms with Crippen LogP contribution in [0.2, 0.25) is 18.1 Å². The monoisotopic (exact) mass is 445 g/mol. The van der Waals surface area contributed by atoms with Crippen molar-refractivity contribution < 1.29 is 33.4 Å². The number of ether oxygens (including phenoxy) is 2. The highest BCUT2D eigenvalue weighted by Crippen LogP contribution is 2.37. The van der Waals surface area contributed by atoms with Crippen molar-refractivity contribution in [1.82, 2.24) is 5.32 Å². The van der Waals surface area contributed by atoms with Crippen molar-refractivity contribution in [3.8, 4) is 0 Å². The number of alkyl carbamates (subject to hydrolysis) is 1. The first kappa shape index (κ1) is 28.1. The first-order valence-corrected chi connectivity index (χ1v) is 12.9. The van der Waals surface area contributed by atoms with Gasteiger partial charge in [0.1, 0.15) is 11.6 Å². The Morgan fingerprint density at radius 1 is 1.13 bits per heavy atom. The highest BCUT2D eigenvalue weighted by Gasteiger charge is 2.39. The third-order valence-electron chi connectivity index (χ3n) is 5.25. The van der Waals surface area contributed by atoms with E-state index in [9.17, 15) is 19.5 Å². The van der Waals surface area contributed by atoms with Gasteiger partial charge in [0.25, 0.3) is 0 Å². The van der Waals surface area contributed by atoms with Gasteiger partial charge >= 0.3 is 18.0 Å². The molecule has 8 nitrogen and oxygen atoms in total. The van der Waals surface area contributed by atoms with Crippen LogP contribution in [-0.2, 0) is 23.5 Å². The van der Waals surface area contributed by atoms with E-state index in [0.717, 1.165) is 0 Å². The number of methoxy groups -OCH3 is 1. The SMILES string of the molecule is C=C[C@H](CO[Si](C)(C)C(C)(C)C)[C@@H](C[C@H](NC(=O)OC(C)(C)C)C(=O)OC)C(=O)O. The highest BCUT2D eigenvalue weighted by molar-refractivity contribution is 6.74. The molecule has 0 unspecified atom stereocenters. The maximum absolute atomic E-state index is 12.2. The molecule has 0 fully saturated rings. The van der Waals surface area contributed by atoms with E-state index in [2.05, 4.69) is 45.8 Å². The topological polar surface area (TPSA) is 111 Å². The van der Waals surface area contributed by atoms with Gasteiger partial charge in [-0.3, -0.25) is 4.79 Å². The zero-order chi connectivity index (χ0) is 23.9. The summed E-state index contributed by atoms with van der Waals surface area (Å²) in [6.07, 6.45) is 0.515. The summed E-state index contributed by atoms with van der Waals surface area (Å²) in [5.41, 5.74) is -0.766. The van der Waals surface area contributed by atoms with E-state index in [1.807, 2.05) is 0 Å². The number of rotatable bonds is 10. The number of carbonyl (C=O) groups excluding carboxylic acids is 2. The molecule has 30 heavy (non-hydrogen) atoms. The zero-order valence-electron chi connectivity index (χ0n) is 19.8. The number of carboxylic acids is 1. The minimum absolute atomic E-state index is 0.0374. The number of aliphatic carboxylic acids is 1. The predicted octanol–water partition coefficient (Wildman–Crippen LogP) is 3.97. The Hall–Kier alpha value is -1.87. The van der Waals surface area contributed by atoms with E-state index in [1.165, 1.54) is 13.2 Å². The van der Waals surface area contributed by atoms with Crippen LogP contribution >= 0.6 is 0 Å². The number of nitrogens with one attached hydrogen (secondary N) is 1. The van der Waals surface area contributed by atoms with Crippen LogP contribution in [-0.4, -0.2) is 56.8 Å². The fraction of sp³-hybridized carbons (Fsp3) is 0.762. The van der Waals surface area contributed by atoms with Crippen LogP contribution in [0.3, 0.4) is 0 Å². The van der Waals surface area contributed by atoms with Gasteiger partial charge in [-0.2, -0.15) is 0 Å². The molecule has 0 saturated heterocycles. The Kier molecular flexibility index (Phi) is 10.3. The molecule has 174 valence electrons. The molecule has 0 aliphatic carbocycles. The van der Waals surface area contributed by atoms with Gasteiger partial charge in [0.15, 0.2) is 8.32 Å². The number of amides is 1. The molecule has 0 radical (unpaired) electrons. The summed E-state index contributed by atoms with van der Waals surface area (Å²) in [5.74, 6) is -3.42. The maximum Gasteiger partial charge on any atom is 0.408 e. The quantitative estimate of drug-likeness (QED) is 0.297. The molecule has 0 saturated carbocycles. The summed E-state index contributed by atoms with van der Waals surface area (Å²) in [4.78, 5) is 36.3. The lowest BCUT2D eigenvalue weighted by molar-refractivity contribution is -0.147. The Morgan fingerprint density at radius 3 is 2.03 bits per heavy atom. The van der Waals surface area contributed by atoms with Crippen LogP contribution < -0.4 is 5.32 Å². The van der Waals surface area contributed by atoms with Crippen LogP contribution in [0, 0.1) is 11.8 Å². The van der Waals surface area contributed by atoms with Crippen molar-refractivity contribution in [2.45, 2.75) is 77.7 Å². The van der Waals surface area contributed by atoms with Crippen LogP contribution in [0.5, 0.6) is 0 Å². The molecule has 1 amide bonds. The molecule has 0 aliphatic heterocycles. The lowest BCUT2D eigenvalue weighted by Crippen LogP contribution is -2.47. The van der Waals surface area contributed by atoms with Gasteiger partial charge in [0.2, 0.25) is 0 Å². The van der Waals surface area contributed by atoms with Gasteiger partial charge < -0.3 is 24.3 Å². The first-order valence-electron chi connectivity index (χ1n) is 10.0. The van der Waals surface area contributed by atoms with E-state index < -0.39 is 49.8 Å². The second-order valence-electron chi connectivity index (χ2n) is 9.87. The predicted molar refractivity (Wildman–Crippen MR) is 118 cm³/mol. The third-order valence-corrected chi connectivity index (χ3v) is 9.75. The lowest BCUT2D eigenvalue weighted by Gasteiger charge is -2.37. The van der Waals surface area contributed by atoms with Crippen molar-refractivity contribution in [3.63, 3.8) is 0 Å². The summed E-state index contributed by atoms with van der Waals surface area (Å²) in [6, 6.07) is -1.18. The summed E-state index contributed by atoms with van der Waals surface area (Å²) >= 11 is 0. The number of hydrogen-bond donors (Lipinski definition) is 2. The van der Waals surface area contributed by atoms with E-state index in [4.69, 9.17) is 13.9 Å². The molecule has 0 rings (SSSR count). The van der Waals surface area contributed by atoms with Gasteiger partial charge in [-0.15, -0.1) is 6.58 Å². The molecule has 2 N–H and O–H groups in total. The molecule has 0 aromatic rings. The molecule has 3 atom stereocenters. The molecule has 0 aromatic heterocycles. The fourth-order valence-electron chi connectivity index (χ4n) is 2.39. The van der Waals surface area contributed by atoms with Crippen LogP contribution in [0.25, 0.3) is 0 Å². The average molecular weight is 446 g/mol. The highest BCUT2D eigenvalue weighted by atomic mass is 28.4. The number of carbonyl (C=O) groups is 3. The maximum atomic E-state index is 12.2. The molecule has 0 heterocycles. The number of esters is 1. The minimum atomic E-state index is -2.11. The Bertz CT molecular complexity index is 620. The molecule has 0 aromatic carbocycles. The number of hydrogen-bond acceptors (Lipinski definition) is 6. The number of carboxylic acid groups (broad SMARTS) is 1. The van der Waals surface area contributed by atoms with Crippen LogP contribution in [0.1, 0.15) is 48.0 Å². The normalized spacial score (nSPS) is 15.5. The first-order chi connectivity index (χ1) is 13.4. The largest absolute Gasteiger partial charge is 0.481 e. The van der Waals surface area contributed by atoms with E-state index in [1.54, 1.807) is 20.8 Å². The standard InChI is InChI=1S/C21H39NO7Si/c1-11-14(13-28-30(9,10)21(5,6)7)15(17(23)24)12-16(18(25)27-8)22-19(26)29-20(2,3)4/h11,14-16H,1,12-13H2,2-10H3,(H,22,26)(H,23,24)/t14-,15-,16+/m1/s1. The van der Waals surface area contributed by atoms with Gasteiger partial charge in [0, 0.05) is 12.5 Å². The summed E-state index contributed by atoms with van der Waals surface area (Å²) in [5, 5.41) is 12.2. The molecule has 9 heteroatoms. The molecule has 0 bridgehead atoms. The fourth-order valence-corrected chi connectivity index (χ4v) is 3.43. The second-order valence-corrected chi connectivity index (χ2v) is 14.7. The van der Waals surface area contributed by atoms with Crippen molar-refractivity contribution in [1.29, 1.82) is 0 Å². The van der Waals surface area contributed by atoms with E-state index in [0.29, 0.717) is 0 Å². The zero-order valence-corrected chi connectivity index (χ0v) is 20.8. The van der Waals surface area contributed by atoms with Crippen molar-refractivity contribution in [2.75, 3.05) is 13.7 Å². The smallest absolute Gasteiger partial charge is 0.408 e. The van der Waals surface area contributed by atoms with Gasteiger partial charge in [0.05, 0.1) is 13.0 Å². The van der Waals surface area contributed by atoms with Crippen molar-refractivity contribution in [2.24, 2.45) is 11.8 Å². The second kappa shape index (κ2) is 10.9. The van der Waals surface area contributed by atoms with E-state index >= 15 is 0 Å². The van der Waals surface area contributed by atoms with Crippen LogP contribution in [0.4, 0.5) is 4.79 Å². The molecular formula is C21H39NO7Si. The van der Waals surface area contributed by atoms with Crippen molar-refractivity contribution >= 4 is 26.3 Å². The van der Waals surface area contributed by atoms with E-state index in [-0.39, 0.29) is 18.1 Å². The third kappa shape index (κ3) is 9.29. The van der Waals surface area contributed by atoms with Gasteiger partial charge in [-0.25, -0.2) is 9.59 Å². The Balaban J connectivity index is 5.49. The molecule has 0 aliphatic rings. The van der Waals surface area contributed by atoms with Crippen LogP contribution in [0.15, 0.2) is 12.7 Å². The summed E-state index contributed by atoms with van der Waals surface area (Å²) in [7, 11) is -0.934. The Morgan fingerprint density at radius 2 is 1.67 bits per heavy atom. The van der Waals surface area contributed by atoms with Gasteiger partial charge in [-0.05, 0) is 45.3 Å². The summed E-state index contributed by atoms with van der Waals surface area (Å²) < 4.78 is 16.1. The lowest BCUT2D eigenvalue weighted by atomic mass is 9.87. The van der Waals surface area contributed by atoms with Gasteiger partial charge in [-0.1, -0.05) is 26.8 Å². The molecule has 0 spiro atoms. The minimum Gasteiger partial charge on any atom is -0.481 e. The summed E-state index contributed by atoms with van der Waals surface area (Å²) in [6.45, 7) is 19.4. The molecular weight excluding hydrogens is 406 g/mol. The van der Waals surface area contributed by atoms with Crippen molar-refractivity contribution in [3.05, 3.63) is 12.7 Å².